The molecule has 0 aliphatic carbocycles. The van der Waals surface area contributed by atoms with E-state index < -0.39 is 0 Å². The number of carbonyl (C=O) groups excluding carboxylic acids is 1. The highest BCUT2D eigenvalue weighted by Gasteiger charge is 2.20. The number of anilines is 1. The van der Waals surface area contributed by atoms with Crippen molar-refractivity contribution in [3.8, 4) is 5.82 Å². The van der Waals surface area contributed by atoms with Crippen molar-refractivity contribution >= 4 is 11.6 Å². The van der Waals surface area contributed by atoms with E-state index in [0.717, 1.165) is 37.4 Å². The number of aromatic nitrogens is 3. The first kappa shape index (κ1) is 12.8. The Bertz CT molecular complexity index is 558. The van der Waals surface area contributed by atoms with E-state index in [9.17, 15) is 4.79 Å². The second kappa shape index (κ2) is 5.83. The molecule has 0 spiro atoms. The summed E-state index contributed by atoms with van der Waals surface area (Å²) in [5, 5.41) is 6.16. The first-order valence-corrected chi connectivity index (χ1v) is 6.79. The molecule has 1 fully saturated rings. The molecule has 0 bridgehead atoms. The number of rotatable bonds is 3. The van der Waals surface area contributed by atoms with Crippen molar-refractivity contribution in [2.45, 2.75) is 12.8 Å². The van der Waals surface area contributed by atoms with Crippen LogP contribution in [0.3, 0.4) is 0 Å². The lowest BCUT2D eigenvalue weighted by Gasteiger charge is -2.21. The summed E-state index contributed by atoms with van der Waals surface area (Å²) in [6.45, 7) is 1.76. The first-order valence-electron chi connectivity index (χ1n) is 6.79. The van der Waals surface area contributed by atoms with Crippen LogP contribution in [0.15, 0.2) is 37.1 Å². The van der Waals surface area contributed by atoms with E-state index in [-0.39, 0.29) is 11.8 Å². The van der Waals surface area contributed by atoms with Gasteiger partial charge in [-0.05, 0) is 31.5 Å². The molecule has 2 aromatic heterocycles. The molecule has 1 aliphatic rings. The van der Waals surface area contributed by atoms with Gasteiger partial charge in [-0.2, -0.15) is 0 Å². The van der Waals surface area contributed by atoms with Crippen LogP contribution in [-0.4, -0.2) is 33.5 Å². The van der Waals surface area contributed by atoms with Crippen LogP contribution in [0.2, 0.25) is 0 Å². The lowest BCUT2D eigenvalue weighted by molar-refractivity contribution is -0.120. The van der Waals surface area contributed by atoms with Crippen LogP contribution < -0.4 is 10.6 Å². The van der Waals surface area contributed by atoms with Gasteiger partial charge < -0.3 is 10.6 Å². The van der Waals surface area contributed by atoms with Crippen molar-refractivity contribution in [2.75, 3.05) is 18.4 Å². The molecule has 0 aromatic carbocycles. The average molecular weight is 271 g/mol. The number of carbonyl (C=O) groups is 1. The topological polar surface area (TPSA) is 71.8 Å². The third-order valence-corrected chi connectivity index (χ3v) is 3.45. The average Bonchev–Trinajstić information content (AvgIpc) is 3.03. The van der Waals surface area contributed by atoms with Gasteiger partial charge in [-0.15, -0.1) is 0 Å². The summed E-state index contributed by atoms with van der Waals surface area (Å²) in [4.78, 5) is 20.4. The third kappa shape index (κ3) is 2.85. The van der Waals surface area contributed by atoms with Gasteiger partial charge in [-0.3, -0.25) is 9.36 Å². The second-order valence-corrected chi connectivity index (χ2v) is 4.91. The van der Waals surface area contributed by atoms with Crippen LogP contribution in [0.4, 0.5) is 5.69 Å². The maximum absolute atomic E-state index is 12.1. The molecular weight excluding hydrogens is 254 g/mol. The molecule has 1 aliphatic heterocycles. The zero-order chi connectivity index (χ0) is 13.8. The molecule has 0 unspecified atom stereocenters. The van der Waals surface area contributed by atoms with E-state index in [0.29, 0.717) is 0 Å². The monoisotopic (exact) mass is 271 g/mol. The third-order valence-electron chi connectivity index (χ3n) is 3.45. The zero-order valence-electron chi connectivity index (χ0n) is 11.1. The number of pyridine rings is 1. The molecule has 20 heavy (non-hydrogen) atoms. The molecule has 2 aromatic rings. The predicted octanol–water partition coefficient (Wildman–Crippen LogP) is 1.21. The maximum atomic E-state index is 12.1. The van der Waals surface area contributed by atoms with Gasteiger partial charge in [0.1, 0.15) is 12.1 Å². The fraction of sp³-hybridized carbons (Fsp3) is 0.357. The molecule has 3 heterocycles. The number of amides is 1. The number of nitrogens with one attached hydrogen (secondary N) is 2. The van der Waals surface area contributed by atoms with Crippen molar-refractivity contribution in [1.29, 1.82) is 0 Å². The van der Waals surface area contributed by atoms with Gasteiger partial charge >= 0.3 is 0 Å². The Hall–Kier alpha value is -2.21. The Labute approximate surface area is 117 Å². The molecule has 104 valence electrons. The highest BCUT2D eigenvalue weighted by atomic mass is 16.1. The first-order chi connectivity index (χ1) is 9.83. The van der Waals surface area contributed by atoms with Crippen molar-refractivity contribution in [2.24, 2.45) is 5.92 Å². The van der Waals surface area contributed by atoms with Gasteiger partial charge in [0.25, 0.3) is 0 Å². The molecule has 6 nitrogen and oxygen atoms in total. The molecule has 6 heteroatoms. The number of hydrogen-bond acceptors (Lipinski definition) is 4. The van der Waals surface area contributed by atoms with E-state index >= 15 is 0 Å². The predicted molar refractivity (Wildman–Crippen MR) is 75.6 cm³/mol. The lowest BCUT2D eigenvalue weighted by atomic mass is 9.99. The summed E-state index contributed by atoms with van der Waals surface area (Å²) in [7, 11) is 0. The number of hydrogen-bond donors (Lipinski definition) is 2. The van der Waals surface area contributed by atoms with Gasteiger partial charge in [0.05, 0.1) is 17.8 Å². The van der Waals surface area contributed by atoms with Crippen LogP contribution in [0.1, 0.15) is 12.8 Å². The quantitative estimate of drug-likeness (QED) is 0.880. The fourth-order valence-electron chi connectivity index (χ4n) is 2.33. The molecule has 3 rings (SSSR count). The van der Waals surface area contributed by atoms with Crippen LogP contribution >= 0.6 is 0 Å². The van der Waals surface area contributed by atoms with Gasteiger partial charge in [0.15, 0.2) is 0 Å². The number of imidazole rings is 1. The van der Waals surface area contributed by atoms with Crippen LogP contribution in [0.5, 0.6) is 0 Å². The smallest absolute Gasteiger partial charge is 0.228 e. The fourth-order valence-corrected chi connectivity index (χ4v) is 2.33. The Morgan fingerprint density at radius 3 is 3.05 bits per heavy atom. The molecule has 2 N–H and O–H groups in total. The summed E-state index contributed by atoms with van der Waals surface area (Å²) in [6.07, 6.45) is 8.88. The molecule has 1 amide bonds. The van der Waals surface area contributed by atoms with Gasteiger partial charge in [0, 0.05) is 18.9 Å². The van der Waals surface area contributed by atoms with E-state index in [2.05, 4.69) is 20.6 Å². The second-order valence-electron chi connectivity index (χ2n) is 4.91. The summed E-state index contributed by atoms with van der Waals surface area (Å²) < 4.78 is 1.82. The lowest BCUT2D eigenvalue weighted by Crippen LogP contribution is -2.37. The van der Waals surface area contributed by atoms with Crippen LogP contribution in [0, 0.1) is 5.92 Å². The van der Waals surface area contributed by atoms with E-state index in [4.69, 9.17) is 0 Å². The van der Waals surface area contributed by atoms with Crippen LogP contribution in [-0.2, 0) is 4.79 Å². The molecular formula is C14H17N5O. The highest BCUT2D eigenvalue weighted by molar-refractivity contribution is 5.92. The van der Waals surface area contributed by atoms with E-state index in [1.54, 1.807) is 18.7 Å². The van der Waals surface area contributed by atoms with Crippen molar-refractivity contribution in [1.82, 2.24) is 19.9 Å². The number of nitrogens with zero attached hydrogens (tertiary/aromatic N) is 3. The molecule has 1 atom stereocenters. The Balaban J connectivity index is 1.64. The standard InChI is InChI=1S/C14H17N5O/c20-14(11-2-1-5-15-8-11)18-12-3-4-13(17-9-12)19-7-6-16-10-19/h3-4,6-7,9-11,15H,1-2,5,8H2,(H,18,20)/t11-/m1/s1. The SMILES string of the molecule is O=C(Nc1ccc(-n2ccnc2)nc1)[C@@H]1CCCNC1. The van der Waals surface area contributed by atoms with E-state index in [1.165, 1.54) is 0 Å². The van der Waals surface area contributed by atoms with Crippen molar-refractivity contribution in [3.63, 3.8) is 0 Å². The summed E-state index contributed by atoms with van der Waals surface area (Å²) in [5.74, 6) is 0.895. The summed E-state index contributed by atoms with van der Waals surface area (Å²) in [5.41, 5.74) is 0.726. The minimum atomic E-state index is 0.0528. The van der Waals surface area contributed by atoms with E-state index in [1.807, 2.05) is 22.9 Å². The normalized spacial score (nSPS) is 18.7. The number of piperidine rings is 1. The van der Waals surface area contributed by atoms with Crippen molar-refractivity contribution in [3.05, 3.63) is 37.1 Å². The van der Waals surface area contributed by atoms with Gasteiger partial charge in [-0.25, -0.2) is 9.97 Å². The van der Waals surface area contributed by atoms with Gasteiger partial charge in [-0.1, -0.05) is 0 Å². The Morgan fingerprint density at radius 2 is 2.40 bits per heavy atom. The molecule has 0 radical (unpaired) electrons. The minimum Gasteiger partial charge on any atom is -0.324 e. The van der Waals surface area contributed by atoms with Gasteiger partial charge in [0.2, 0.25) is 5.91 Å². The summed E-state index contributed by atoms with van der Waals surface area (Å²) in [6, 6.07) is 3.72. The summed E-state index contributed by atoms with van der Waals surface area (Å²) >= 11 is 0. The van der Waals surface area contributed by atoms with Crippen LogP contribution in [0.25, 0.3) is 5.82 Å². The van der Waals surface area contributed by atoms with Crippen molar-refractivity contribution < 1.29 is 4.79 Å². The highest BCUT2D eigenvalue weighted by Crippen LogP contribution is 2.14. The zero-order valence-corrected chi connectivity index (χ0v) is 11.1. The maximum Gasteiger partial charge on any atom is 0.228 e. The molecule has 0 saturated carbocycles. The Morgan fingerprint density at radius 1 is 1.45 bits per heavy atom. The Kier molecular flexibility index (Phi) is 3.73. The molecule has 1 saturated heterocycles. The minimum absolute atomic E-state index is 0.0528. The largest absolute Gasteiger partial charge is 0.324 e.